The molecule has 0 aliphatic carbocycles. The van der Waals surface area contributed by atoms with E-state index in [0.29, 0.717) is 0 Å². The average Bonchev–Trinajstić information content (AvgIpc) is 3.39. The normalized spacial score (nSPS) is 11.4. The molecule has 0 atom stereocenters. The van der Waals surface area contributed by atoms with Crippen LogP contribution in [-0.2, 0) is 0 Å². The third kappa shape index (κ3) is 3.95. The lowest BCUT2D eigenvalue weighted by Crippen LogP contribution is -1.99. The van der Waals surface area contributed by atoms with Gasteiger partial charge in [0.05, 0.1) is 39.5 Å². The van der Waals surface area contributed by atoms with Gasteiger partial charge in [0.15, 0.2) is 0 Å². The lowest BCUT2D eigenvalue weighted by Gasteiger charge is -2.10. The molecule has 0 saturated heterocycles. The number of hydrogen-bond donors (Lipinski definition) is 0. The number of aromatic nitrogens is 5. The summed E-state index contributed by atoms with van der Waals surface area (Å²) in [5.74, 6) is 0.836. The van der Waals surface area contributed by atoms with Gasteiger partial charge in [-0.2, -0.15) is 0 Å². The Labute approximate surface area is 236 Å². The van der Waals surface area contributed by atoms with E-state index in [2.05, 4.69) is 82.3 Å². The highest BCUT2D eigenvalue weighted by Gasteiger charge is 2.14. The molecule has 5 nitrogen and oxygen atoms in total. The van der Waals surface area contributed by atoms with Gasteiger partial charge >= 0.3 is 0 Å². The zero-order chi connectivity index (χ0) is 27.2. The van der Waals surface area contributed by atoms with Crippen molar-refractivity contribution < 1.29 is 0 Å². The molecule has 0 spiro atoms. The Morgan fingerprint density at radius 1 is 0.415 bits per heavy atom. The van der Waals surface area contributed by atoms with E-state index in [1.54, 1.807) is 0 Å². The first-order chi connectivity index (χ1) is 20.3. The highest BCUT2D eigenvalue weighted by atomic mass is 15.1. The summed E-state index contributed by atoms with van der Waals surface area (Å²) in [7, 11) is 0. The topological polar surface area (TPSA) is 56.5 Å². The van der Waals surface area contributed by atoms with Gasteiger partial charge in [-0.05, 0) is 59.3 Å². The summed E-state index contributed by atoms with van der Waals surface area (Å²) in [5, 5.41) is 4.64. The molecule has 0 bridgehead atoms. The van der Waals surface area contributed by atoms with Crippen LogP contribution in [0.5, 0.6) is 0 Å². The summed E-state index contributed by atoms with van der Waals surface area (Å²) < 4.78 is 2.19. The molecule has 3 aromatic carbocycles. The standard InChI is InChI=1S/C36H23N5/c1-2-11-25-24(9-1)10-5-13-26(25)29-14-6-15-30(38-29)31-16-7-17-32(39-31)33-18-8-20-36(40-33)41-34-19-4-3-12-27(34)28-23-37-22-21-35(28)41/h1-23H. The Kier molecular flexibility index (Phi) is 5.38. The molecular formula is C36H23N5. The minimum Gasteiger partial charge on any atom is -0.294 e. The van der Waals surface area contributed by atoms with Crippen LogP contribution in [0.1, 0.15) is 0 Å². The Morgan fingerprint density at radius 2 is 1.00 bits per heavy atom. The van der Waals surface area contributed by atoms with Gasteiger partial charge in [0.1, 0.15) is 5.82 Å². The molecule has 0 saturated carbocycles. The van der Waals surface area contributed by atoms with Crippen LogP contribution >= 0.6 is 0 Å². The number of rotatable bonds is 4. The summed E-state index contributed by atoms with van der Waals surface area (Å²) >= 11 is 0. The van der Waals surface area contributed by atoms with Crippen molar-refractivity contribution in [1.82, 2.24) is 24.5 Å². The van der Waals surface area contributed by atoms with Gasteiger partial charge in [-0.25, -0.2) is 15.0 Å². The predicted molar refractivity (Wildman–Crippen MR) is 166 cm³/mol. The third-order valence-corrected chi connectivity index (χ3v) is 7.53. The van der Waals surface area contributed by atoms with Gasteiger partial charge in [-0.1, -0.05) is 78.9 Å². The van der Waals surface area contributed by atoms with Crippen molar-refractivity contribution in [2.24, 2.45) is 0 Å². The maximum Gasteiger partial charge on any atom is 0.138 e. The first-order valence-corrected chi connectivity index (χ1v) is 13.6. The Hall–Kier alpha value is -5.68. The van der Waals surface area contributed by atoms with Crippen LogP contribution in [-0.4, -0.2) is 24.5 Å². The molecular weight excluding hydrogens is 502 g/mol. The molecule has 41 heavy (non-hydrogen) atoms. The molecule has 192 valence electrons. The van der Waals surface area contributed by atoms with E-state index in [1.807, 2.05) is 67.0 Å². The first-order valence-electron chi connectivity index (χ1n) is 13.6. The molecule has 0 aliphatic heterocycles. The van der Waals surface area contributed by atoms with Crippen LogP contribution < -0.4 is 0 Å². The van der Waals surface area contributed by atoms with Gasteiger partial charge in [-0.3, -0.25) is 9.55 Å². The lowest BCUT2D eigenvalue weighted by molar-refractivity contribution is 1.07. The molecule has 8 rings (SSSR count). The smallest absolute Gasteiger partial charge is 0.138 e. The van der Waals surface area contributed by atoms with Crippen molar-refractivity contribution in [3.63, 3.8) is 0 Å². The van der Waals surface area contributed by atoms with Crippen LogP contribution in [0.25, 0.3) is 72.4 Å². The maximum absolute atomic E-state index is 5.08. The highest BCUT2D eigenvalue weighted by molar-refractivity contribution is 6.08. The van der Waals surface area contributed by atoms with Crippen molar-refractivity contribution in [3.05, 3.63) is 140 Å². The summed E-state index contributed by atoms with van der Waals surface area (Å²) in [6.07, 6.45) is 3.74. The van der Waals surface area contributed by atoms with Crippen molar-refractivity contribution in [2.75, 3.05) is 0 Å². The zero-order valence-electron chi connectivity index (χ0n) is 22.0. The second-order valence-electron chi connectivity index (χ2n) is 9.97. The number of nitrogens with zero attached hydrogens (tertiary/aromatic N) is 5. The number of hydrogen-bond acceptors (Lipinski definition) is 4. The molecule has 5 heteroatoms. The molecule has 0 unspecified atom stereocenters. The summed E-state index contributed by atoms with van der Waals surface area (Å²) in [6, 6.07) is 43.3. The van der Waals surface area contributed by atoms with E-state index >= 15 is 0 Å². The molecule has 0 N–H and O–H groups in total. The third-order valence-electron chi connectivity index (χ3n) is 7.53. The quantitative estimate of drug-likeness (QED) is 0.231. The van der Waals surface area contributed by atoms with Crippen LogP contribution in [0.3, 0.4) is 0 Å². The van der Waals surface area contributed by atoms with Gasteiger partial charge in [0.25, 0.3) is 0 Å². The molecule has 5 aromatic heterocycles. The Balaban J connectivity index is 1.21. The second kappa shape index (κ2) is 9.50. The lowest BCUT2D eigenvalue weighted by atomic mass is 10.0. The zero-order valence-corrected chi connectivity index (χ0v) is 22.0. The monoisotopic (exact) mass is 525 g/mol. The summed E-state index contributed by atoms with van der Waals surface area (Å²) in [4.78, 5) is 19.5. The molecule has 5 heterocycles. The number of pyridine rings is 4. The summed E-state index contributed by atoms with van der Waals surface area (Å²) in [6.45, 7) is 0. The molecule has 0 aliphatic rings. The van der Waals surface area contributed by atoms with Crippen LogP contribution in [0.4, 0.5) is 0 Å². The Morgan fingerprint density at radius 3 is 1.83 bits per heavy atom. The first kappa shape index (κ1) is 23.2. The fourth-order valence-corrected chi connectivity index (χ4v) is 5.65. The Bertz CT molecular complexity index is 2170. The SMILES string of the molecule is c1cc(-c2cccc(-c3cccc4ccccc34)n2)nc(-c2cccc(-n3c4ccccc4c4cnccc43)n2)c1. The van der Waals surface area contributed by atoms with Crippen LogP contribution in [0, 0.1) is 0 Å². The molecule has 0 fully saturated rings. The average molecular weight is 526 g/mol. The van der Waals surface area contributed by atoms with Crippen molar-refractivity contribution in [3.8, 4) is 39.9 Å². The van der Waals surface area contributed by atoms with Crippen LogP contribution in [0.2, 0.25) is 0 Å². The van der Waals surface area contributed by atoms with Gasteiger partial charge in [0, 0.05) is 28.7 Å². The van der Waals surface area contributed by atoms with Crippen molar-refractivity contribution >= 4 is 32.6 Å². The molecule has 0 radical (unpaired) electrons. The van der Waals surface area contributed by atoms with E-state index in [0.717, 1.165) is 61.7 Å². The van der Waals surface area contributed by atoms with E-state index in [4.69, 9.17) is 15.0 Å². The summed E-state index contributed by atoms with van der Waals surface area (Å²) in [5.41, 5.74) is 7.42. The van der Waals surface area contributed by atoms with Gasteiger partial charge in [-0.15, -0.1) is 0 Å². The van der Waals surface area contributed by atoms with E-state index < -0.39 is 0 Å². The van der Waals surface area contributed by atoms with Crippen molar-refractivity contribution in [1.29, 1.82) is 0 Å². The minimum atomic E-state index is 0.796. The van der Waals surface area contributed by atoms with Gasteiger partial charge in [0.2, 0.25) is 0 Å². The highest BCUT2D eigenvalue weighted by Crippen LogP contribution is 2.32. The van der Waals surface area contributed by atoms with E-state index in [-0.39, 0.29) is 0 Å². The number of fused-ring (bicyclic) bond motifs is 4. The number of para-hydroxylation sites is 1. The fourth-order valence-electron chi connectivity index (χ4n) is 5.65. The van der Waals surface area contributed by atoms with Crippen LogP contribution in [0.15, 0.2) is 140 Å². The minimum absolute atomic E-state index is 0.796. The number of benzene rings is 3. The van der Waals surface area contributed by atoms with E-state index in [9.17, 15) is 0 Å². The molecule has 8 aromatic rings. The van der Waals surface area contributed by atoms with Crippen molar-refractivity contribution in [2.45, 2.75) is 0 Å². The maximum atomic E-state index is 5.08. The van der Waals surface area contributed by atoms with Gasteiger partial charge < -0.3 is 0 Å². The largest absolute Gasteiger partial charge is 0.294 e. The fraction of sp³-hybridized carbons (Fsp3) is 0. The second-order valence-corrected chi connectivity index (χ2v) is 9.97. The predicted octanol–water partition coefficient (Wildman–Crippen LogP) is 8.52. The van der Waals surface area contributed by atoms with E-state index in [1.165, 1.54) is 10.8 Å². The molecule has 0 amide bonds.